The lowest BCUT2D eigenvalue weighted by Crippen LogP contribution is -2.49. The zero-order chi connectivity index (χ0) is 25.1. The minimum Gasteiger partial charge on any atom is -0.487 e. The van der Waals surface area contributed by atoms with Gasteiger partial charge in [0.2, 0.25) is 10.0 Å². The summed E-state index contributed by atoms with van der Waals surface area (Å²) < 4.78 is 60.9. The summed E-state index contributed by atoms with van der Waals surface area (Å²) in [5.74, 6) is -0.255. The van der Waals surface area contributed by atoms with Gasteiger partial charge in [0.25, 0.3) is 5.91 Å². The van der Waals surface area contributed by atoms with Gasteiger partial charge < -0.3 is 4.74 Å². The molecule has 35 heavy (non-hydrogen) atoms. The maximum absolute atomic E-state index is 12.5. The first kappa shape index (κ1) is 25.5. The number of ether oxygens (including phenoxy) is 1. The molecule has 9 nitrogen and oxygen atoms in total. The van der Waals surface area contributed by atoms with Crippen molar-refractivity contribution >= 4 is 31.8 Å². The average molecular weight is 522 g/mol. The molecule has 2 aromatic rings. The molecule has 0 atom stereocenters. The molecule has 0 spiro atoms. The molecule has 0 unspecified atom stereocenters. The Bertz CT molecular complexity index is 1270. The molecule has 11 heteroatoms. The third kappa shape index (κ3) is 6.53. The van der Waals surface area contributed by atoms with Crippen molar-refractivity contribution in [1.29, 1.82) is 0 Å². The normalized spacial score (nSPS) is 19.3. The van der Waals surface area contributed by atoms with E-state index in [0.717, 1.165) is 47.5 Å². The first-order chi connectivity index (χ1) is 16.6. The molecule has 1 heterocycles. The second-order valence-electron chi connectivity index (χ2n) is 9.33. The molecule has 1 saturated heterocycles. The van der Waals surface area contributed by atoms with Crippen LogP contribution in [0.15, 0.2) is 48.5 Å². The van der Waals surface area contributed by atoms with Crippen LogP contribution in [0, 0.1) is 0 Å². The fourth-order valence-corrected chi connectivity index (χ4v) is 7.09. The quantitative estimate of drug-likeness (QED) is 0.523. The summed E-state index contributed by atoms with van der Waals surface area (Å²) in [5, 5.41) is 0. The minimum absolute atomic E-state index is 0.228. The van der Waals surface area contributed by atoms with Crippen LogP contribution in [0.1, 0.15) is 49.7 Å². The molecule has 0 bridgehead atoms. The third-order valence-corrected chi connectivity index (χ3v) is 8.65. The van der Waals surface area contributed by atoms with Crippen molar-refractivity contribution in [2.45, 2.75) is 57.1 Å². The molecule has 2 fully saturated rings. The lowest BCUT2D eigenvalue weighted by Gasteiger charge is -2.37. The average Bonchev–Trinajstić information content (AvgIpc) is 3.08. The first-order valence-electron chi connectivity index (χ1n) is 11.7. The zero-order valence-corrected chi connectivity index (χ0v) is 21.3. The van der Waals surface area contributed by atoms with Crippen LogP contribution in [0.4, 0.5) is 5.69 Å². The lowest BCUT2D eigenvalue weighted by atomic mass is 9.78. The van der Waals surface area contributed by atoms with Crippen LogP contribution in [0.25, 0.3) is 0 Å². The second kappa shape index (κ2) is 10.2. The summed E-state index contributed by atoms with van der Waals surface area (Å²) >= 11 is 0. The molecule has 1 aliphatic heterocycles. The van der Waals surface area contributed by atoms with Crippen molar-refractivity contribution < 1.29 is 26.4 Å². The van der Waals surface area contributed by atoms with E-state index in [1.165, 1.54) is 6.26 Å². The number of hydrogen-bond donors (Lipinski definition) is 2. The van der Waals surface area contributed by atoms with E-state index in [-0.39, 0.29) is 18.8 Å². The van der Waals surface area contributed by atoms with Crippen LogP contribution in [-0.2, 0) is 38.1 Å². The van der Waals surface area contributed by atoms with Gasteiger partial charge in [-0.2, -0.15) is 8.42 Å². The Morgan fingerprint density at radius 2 is 1.77 bits per heavy atom. The van der Waals surface area contributed by atoms with Gasteiger partial charge in [-0.3, -0.25) is 4.79 Å². The number of nitrogens with one attached hydrogen (secondary N) is 2. The Labute approximate surface area is 207 Å². The highest BCUT2D eigenvalue weighted by molar-refractivity contribution is 7.92. The van der Waals surface area contributed by atoms with Crippen LogP contribution < -0.4 is 18.5 Å². The second-order valence-corrected chi connectivity index (χ2v) is 12.7. The molecule has 2 aromatic carbocycles. The molecule has 0 radical (unpaired) electrons. The summed E-state index contributed by atoms with van der Waals surface area (Å²) in [7, 11) is -7.35. The number of nitrogens with zero attached hydrogens (tertiary/aromatic N) is 1. The molecule has 1 amide bonds. The summed E-state index contributed by atoms with van der Waals surface area (Å²) in [6.45, 7) is -0.0864. The van der Waals surface area contributed by atoms with E-state index in [1.807, 2.05) is 35.1 Å². The Kier molecular flexibility index (Phi) is 7.39. The van der Waals surface area contributed by atoms with E-state index in [1.54, 1.807) is 18.2 Å². The standard InChI is InChI=1S/C24H31N3O6S2/c1-34(29,30)26-24(13-6-3-7-14-24)15-12-19-10-11-21(27-17-23(28)25-35(27,31)32)22(16-19)33-18-20-8-4-2-5-9-20/h2,4-5,8-11,16,26H,3,6-7,12-15,17-18H2,1H3,(H,25,28). The third-order valence-electron chi connectivity index (χ3n) is 6.46. The van der Waals surface area contributed by atoms with E-state index < -0.39 is 31.7 Å². The summed E-state index contributed by atoms with van der Waals surface area (Å²) in [6.07, 6.45) is 7.02. The van der Waals surface area contributed by atoms with Crippen molar-refractivity contribution in [3.05, 3.63) is 59.7 Å². The maximum atomic E-state index is 12.5. The number of carbonyl (C=O) groups is 1. The van der Waals surface area contributed by atoms with Gasteiger partial charge in [-0.1, -0.05) is 55.7 Å². The summed E-state index contributed by atoms with van der Waals surface area (Å²) in [6, 6.07) is 14.7. The summed E-state index contributed by atoms with van der Waals surface area (Å²) in [5.41, 5.74) is 1.61. The number of carbonyl (C=O) groups excluding carboxylic acids is 1. The van der Waals surface area contributed by atoms with E-state index >= 15 is 0 Å². The van der Waals surface area contributed by atoms with Crippen LogP contribution >= 0.6 is 0 Å². The predicted molar refractivity (Wildman–Crippen MR) is 134 cm³/mol. The molecule has 0 aromatic heterocycles. The molecular weight excluding hydrogens is 490 g/mol. The van der Waals surface area contributed by atoms with Gasteiger partial charge in [-0.25, -0.2) is 22.2 Å². The zero-order valence-electron chi connectivity index (χ0n) is 19.7. The molecule has 2 aliphatic rings. The number of aryl methyl sites for hydroxylation is 1. The topological polar surface area (TPSA) is 122 Å². The van der Waals surface area contributed by atoms with Crippen molar-refractivity contribution in [3.63, 3.8) is 0 Å². The van der Waals surface area contributed by atoms with Crippen LogP contribution in [0.5, 0.6) is 5.75 Å². The van der Waals surface area contributed by atoms with Crippen LogP contribution in [0.2, 0.25) is 0 Å². The van der Waals surface area contributed by atoms with Crippen molar-refractivity contribution in [3.8, 4) is 5.75 Å². The van der Waals surface area contributed by atoms with Crippen molar-refractivity contribution in [1.82, 2.24) is 9.44 Å². The van der Waals surface area contributed by atoms with E-state index in [2.05, 4.69) is 4.72 Å². The number of sulfonamides is 1. The van der Waals surface area contributed by atoms with Gasteiger partial charge in [0.15, 0.2) is 0 Å². The molecule has 4 rings (SSSR count). The first-order valence-corrected chi connectivity index (χ1v) is 15.0. The Balaban J connectivity index is 1.60. The number of amides is 1. The number of rotatable bonds is 9. The van der Waals surface area contributed by atoms with Gasteiger partial charge in [0.05, 0.1) is 11.9 Å². The number of hydrogen-bond acceptors (Lipinski definition) is 6. The van der Waals surface area contributed by atoms with E-state index in [4.69, 9.17) is 4.74 Å². The fraction of sp³-hybridized carbons (Fsp3) is 0.458. The number of benzene rings is 2. The fourth-order valence-electron chi connectivity index (χ4n) is 4.84. The van der Waals surface area contributed by atoms with Crippen LogP contribution in [0.3, 0.4) is 0 Å². The van der Waals surface area contributed by atoms with E-state index in [0.29, 0.717) is 18.6 Å². The largest absolute Gasteiger partial charge is 0.487 e. The van der Waals surface area contributed by atoms with Crippen molar-refractivity contribution in [2.24, 2.45) is 0 Å². The van der Waals surface area contributed by atoms with Gasteiger partial charge in [-0.15, -0.1) is 0 Å². The van der Waals surface area contributed by atoms with Gasteiger partial charge in [0.1, 0.15) is 18.9 Å². The van der Waals surface area contributed by atoms with E-state index in [9.17, 15) is 21.6 Å². The highest BCUT2D eigenvalue weighted by Gasteiger charge is 2.37. The minimum atomic E-state index is -3.99. The molecule has 1 aliphatic carbocycles. The summed E-state index contributed by atoms with van der Waals surface area (Å²) in [4.78, 5) is 11.8. The highest BCUT2D eigenvalue weighted by Crippen LogP contribution is 2.36. The Morgan fingerprint density at radius 1 is 1.06 bits per heavy atom. The predicted octanol–water partition coefficient (Wildman–Crippen LogP) is 2.63. The highest BCUT2D eigenvalue weighted by atomic mass is 32.2. The molecule has 190 valence electrons. The Morgan fingerprint density at radius 3 is 2.40 bits per heavy atom. The van der Waals surface area contributed by atoms with Crippen LogP contribution in [-0.4, -0.2) is 41.1 Å². The number of anilines is 1. The molecule has 1 saturated carbocycles. The molecular formula is C24H31N3O6S2. The molecule has 2 N–H and O–H groups in total. The SMILES string of the molecule is CS(=O)(=O)NC1(CCc2ccc(N3CC(=O)NS3(=O)=O)c(OCc3ccccc3)c2)CCCCC1. The van der Waals surface area contributed by atoms with Gasteiger partial charge in [0, 0.05) is 5.54 Å². The monoisotopic (exact) mass is 521 g/mol. The maximum Gasteiger partial charge on any atom is 0.326 e. The van der Waals surface area contributed by atoms with Gasteiger partial charge >= 0.3 is 10.2 Å². The lowest BCUT2D eigenvalue weighted by molar-refractivity contribution is -0.117. The van der Waals surface area contributed by atoms with Crippen molar-refractivity contribution in [2.75, 3.05) is 17.1 Å². The Hall–Kier alpha value is -2.63. The van der Waals surface area contributed by atoms with Gasteiger partial charge in [-0.05, 0) is 48.9 Å². The smallest absolute Gasteiger partial charge is 0.326 e.